The molecular formula is C19H15N3O6S. The maximum absolute atomic E-state index is 12.2. The molecule has 0 bridgehead atoms. The molecule has 3 amide bonds. The molecule has 2 aromatic carbocycles. The third kappa shape index (κ3) is 4.79. The van der Waals surface area contributed by atoms with Crippen molar-refractivity contribution in [3.8, 4) is 5.75 Å². The van der Waals surface area contributed by atoms with Gasteiger partial charge in [-0.2, -0.15) is 0 Å². The van der Waals surface area contributed by atoms with E-state index in [4.69, 9.17) is 10.5 Å². The lowest BCUT2D eigenvalue weighted by molar-refractivity contribution is -0.385. The Hall–Kier alpha value is -3.66. The monoisotopic (exact) mass is 413 g/mol. The number of imide groups is 1. The fraction of sp³-hybridized carbons (Fsp3) is 0.105. The second-order valence-electron chi connectivity index (χ2n) is 5.98. The summed E-state index contributed by atoms with van der Waals surface area (Å²) < 4.78 is 5.60. The lowest BCUT2D eigenvalue weighted by atomic mass is 10.2. The number of amides is 3. The molecule has 0 spiro atoms. The molecule has 2 N–H and O–H groups in total. The van der Waals surface area contributed by atoms with Crippen LogP contribution in [0.5, 0.6) is 5.75 Å². The van der Waals surface area contributed by atoms with Crippen molar-refractivity contribution < 1.29 is 24.0 Å². The molecule has 0 atom stereocenters. The van der Waals surface area contributed by atoms with Crippen LogP contribution < -0.4 is 10.5 Å². The van der Waals surface area contributed by atoms with Crippen LogP contribution in [0.15, 0.2) is 53.4 Å². The number of nitrogens with two attached hydrogens (primary N) is 1. The predicted octanol–water partition coefficient (Wildman–Crippen LogP) is 2.70. The van der Waals surface area contributed by atoms with Crippen LogP contribution in [0.4, 0.5) is 10.5 Å². The van der Waals surface area contributed by atoms with Crippen molar-refractivity contribution >= 4 is 40.6 Å². The van der Waals surface area contributed by atoms with E-state index in [2.05, 4.69) is 0 Å². The van der Waals surface area contributed by atoms with E-state index in [0.717, 1.165) is 16.7 Å². The lowest BCUT2D eigenvalue weighted by Gasteiger charge is -2.08. The first-order chi connectivity index (χ1) is 13.8. The van der Waals surface area contributed by atoms with Crippen molar-refractivity contribution in [1.82, 2.24) is 4.90 Å². The zero-order chi connectivity index (χ0) is 21.0. The van der Waals surface area contributed by atoms with Crippen LogP contribution in [-0.2, 0) is 16.2 Å². The number of nitrogens with zero attached hydrogens (tertiary/aromatic N) is 2. The van der Waals surface area contributed by atoms with Gasteiger partial charge in [-0.1, -0.05) is 24.3 Å². The Bertz CT molecular complexity index is 1020. The molecule has 2 aromatic rings. The number of nitro groups is 1. The van der Waals surface area contributed by atoms with Crippen molar-refractivity contribution in [2.45, 2.75) is 6.61 Å². The number of para-hydroxylation sites is 1. The van der Waals surface area contributed by atoms with Gasteiger partial charge in [0.25, 0.3) is 16.8 Å². The van der Waals surface area contributed by atoms with E-state index in [0.29, 0.717) is 16.9 Å². The first kappa shape index (κ1) is 20.1. The third-order valence-corrected chi connectivity index (χ3v) is 4.86. The Kier molecular flexibility index (Phi) is 5.93. The minimum atomic E-state index is -0.770. The normalized spacial score (nSPS) is 15.0. The first-order valence-electron chi connectivity index (χ1n) is 8.34. The zero-order valence-electron chi connectivity index (χ0n) is 14.9. The number of hydrogen-bond donors (Lipinski definition) is 1. The van der Waals surface area contributed by atoms with Gasteiger partial charge < -0.3 is 10.5 Å². The quantitative estimate of drug-likeness (QED) is 0.419. The molecule has 9 nitrogen and oxygen atoms in total. The summed E-state index contributed by atoms with van der Waals surface area (Å²) in [6.45, 7) is -0.428. The van der Waals surface area contributed by atoms with Gasteiger partial charge in [-0.25, -0.2) is 0 Å². The van der Waals surface area contributed by atoms with Crippen molar-refractivity contribution in [1.29, 1.82) is 0 Å². The maximum Gasteiger partial charge on any atom is 0.294 e. The van der Waals surface area contributed by atoms with Crippen molar-refractivity contribution in [2.24, 2.45) is 5.73 Å². The number of rotatable bonds is 7. The van der Waals surface area contributed by atoms with E-state index < -0.39 is 28.5 Å². The van der Waals surface area contributed by atoms with Crippen molar-refractivity contribution in [3.05, 3.63) is 74.7 Å². The maximum atomic E-state index is 12.2. The Morgan fingerprint density at radius 1 is 1.17 bits per heavy atom. The van der Waals surface area contributed by atoms with Gasteiger partial charge in [0, 0.05) is 6.07 Å². The first-order valence-corrected chi connectivity index (χ1v) is 9.15. The standard InChI is InChI=1S/C19H15N3O6S/c20-17(23)10-21-18(24)16(29-19(21)25)9-12-5-7-14(8-6-12)28-11-13-3-1-2-4-15(13)22(26)27/h1-9H,10-11H2,(H2,20,23)/b16-9-. The second kappa shape index (κ2) is 8.57. The number of ether oxygens (including phenoxy) is 1. The highest BCUT2D eigenvalue weighted by Crippen LogP contribution is 2.32. The summed E-state index contributed by atoms with van der Waals surface area (Å²) in [5, 5.41) is 10.5. The van der Waals surface area contributed by atoms with Crippen LogP contribution >= 0.6 is 11.8 Å². The topological polar surface area (TPSA) is 133 Å². The van der Waals surface area contributed by atoms with E-state index in [1.54, 1.807) is 42.5 Å². The van der Waals surface area contributed by atoms with E-state index in [-0.39, 0.29) is 17.2 Å². The molecule has 10 heteroatoms. The van der Waals surface area contributed by atoms with Crippen molar-refractivity contribution in [3.63, 3.8) is 0 Å². The van der Waals surface area contributed by atoms with E-state index in [1.807, 2.05) is 0 Å². The molecule has 29 heavy (non-hydrogen) atoms. The smallest absolute Gasteiger partial charge is 0.294 e. The molecule has 148 valence electrons. The number of primary amides is 1. The van der Waals surface area contributed by atoms with Gasteiger partial charge in [0.1, 0.15) is 18.9 Å². The van der Waals surface area contributed by atoms with E-state index in [1.165, 1.54) is 12.1 Å². The van der Waals surface area contributed by atoms with Gasteiger partial charge >= 0.3 is 0 Å². The molecule has 0 aliphatic carbocycles. The average Bonchev–Trinajstić information content (AvgIpc) is 2.94. The SMILES string of the molecule is NC(=O)CN1C(=O)S/C(=C\c2ccc(OCc3ccccc3[N+](=O)[O-])cc2)C1=O. The summed E-state index contributed by atoms with van der Waals surface area (Å²) in [4.78, 5) is 46.5. The molecule has 0 saturated carbocycles. The highest BCUT2D eigenvalue weighted by Gasteiger charge is 2.35. The second-order valence-corrected chi connectivity index (χ2v) is 6.97. The highest BCUT2D eigenvalue weighted by molar-refractivity contribution is 8.18. The Morgan fingerprint density at radius 2 is 1.86 bits per heavy atom. The Balaban J connectivity index is 1.67. The summed E-state index contributed by atoms with van der Waals surface area (Å²) in [7, 11) is 0. The molecule has 0 aromatic heterocycles. The Morgan fingerprint density at radius 3 is 2.52 bits per heavy atom. The summed E-state index contributed by atoms with van der Waals surface area (Å²) in [5.74, 6) is -0.855. The van der Waals surface area contributed by atoms with Gasteiger partial charge in [0.05, 0.1) is 15.4 Å². The molecule has 0 unspecified atom stereocenters. The number of thioether (sulfide) groups is 1. The number of benzene rings is 2. The minimum Gasteiger partial charge on any atom is -0.489 e. The van der Waals surface area contributed by atoms with Gasteiger partial charge in [-0.3, -0.25) is 29.4 Å². The highest BCUT2D eigenvalue weighted by atomic mass is 32.2. The summed E-state index contributed by atoms with van der Waals surface area (Å²) in [6, 6.07) is 13.0. The lowest BCUT2D eigenvalue weighted by Crippen LogP contribution is -2.36. The fourth-order valence-electron chi connectivity index (χ4n) is 2.58. The van der Waals surface area contributed by atoms with Gasteiger partial charge in [0.15, 0.2) is 0 Å². The van der Waals surface area contributed by atoms with Crippen LogP contribution in [0.3, 0.4) is 0 Å². The number of carbonyl (C=O) groups is 3. The predicted molar refractivity (Wildman–Crippen MR) is 106 cm³/mol. The molecule has 1 fully saturated rings. The number of carbonyl (C=O) groups excluding carboxylic acids is 3. The van der Waals surface area contributed by atoms with Crippen LogP contribution in [0, 0.1) is 10.1 Å². The molecule has 0 radical (unpaired) electrons. The van der Waals surface area contributed by atoms with Crippen LogP contribution in [0.25, 0.3) is 6.08 Å². The van der Waals surface area contributed by atoms with Gasteiger partial charge in [-0.15, -0.1) is 0 Å². The van der Waals surface area contributed by atoms with Crippen LogP contribution in [-0.4, -0.2) is 33.4 Å². The molecule has 1 heterocycles. The minimum absolute atomic E-state index is 0.0178. The summed E-state index contributed by atoms with van der Waals surface area (Å²) >= 11 is 0.730. The van der Waals surface area contributed by atoms with E-state index >= 15 is 0 Å². The number of hydrogen-bond acceptors (Lipinski definition) is 7. The molecule has 1 aliphatic heterocycles. The molecule has 1 aliphatic rings. The molecule has 1 saturated heterocycles. The van der Waals surface area contributed by atoms with Crippen LogP contribution in [0.1, 0.15) is 11.1 Å². The molecule has 3 rings (SSSR count). The number of nitro benzene ring substituents is 1. The Labute approximate surface area is 169 Å². The third-order valence-electron chi connectivity index (χ3n) is 3.95. The summed E-state index contributed by atoms with van der Waals surface area (Å²) in [6.07, 6.45) is 1.53. The average molecular weight is 413 g/mol. The fourth-order valence-corrected chi connectivity index (χ4v) is 3.41. The van der Waals surface area contributed by atoms with Crippen LogP contribution in [0.2, 0.25) is 0 Å². The molecular weight excluding hydrogens is 398 g/mol. The van der Waals surface area contributed by atoms with Gasteiger partial charge in [0.2, 0.25) is 5.91 Å². The largest absolute Gasteiger partial charge is 0.489 e. The van der Waals surface area contributed by atoms with Gasteiger partial charge in [-0.05, 0) is 41.6 Å². The summed E-state index contributed by atoms with van der Waals surface area (Å²) in [5.41, 5.74) is 6.12. The zero-order valence-corrected chi connectivity index (χ0v) is 15.8. The van der Waals surface area contributed by atoms with Crippen molar-refractivity contribution in [2.75, 3.05) is 6.54 Å². The van der Waals surface area contributed by atoms with E-state index in [9.17, 15) is 24.5 Å².